The van der Waals surface area contributed by atoms with Gasteiger partial charge < -0.3 is 10.1 Å². The Morgan fingerprint density at radius 1 is 1.38 bits per heavy atom. The summed E-state index contributed by atoms with van der Waals surface area (Å²) in [5.74, 6) is 0.853. The van der Waals surface area contributed by atoms with Gasteiger partial charge >= 0.3 is 0 Å². The van der Waals surface area contributed by atoms with Crippen LogP contribution in [-0.2, 0) is 0 Å². The van der Waals surface area contributed by atoms with Crippen LogP contribution in [0.15, 0.2) is 24.3 Å². The van der Waals surface area contributed by atoms with E-state index in [9.17, 15) is 4.79 Å². The number of carbonyl (C=O) groups excluding carboxylic acids is 1. The topological polar surface area (TPSA) is 38.3 Å². The van der Waals surface area contributed by atoms with Crippen molar-refractivity contribution in [2.45, 2.75) is 0 Å². The van der Waals surface area contributed by atoms with Gasteiger partial charge in [0.15, 0.2) is 5.78 Å². The van der Waals surface area contributed by atoms with Crippen molar-refractivity contribution in [3.63, 3.8) is 0 Å². The molecule has 1 rings (SSSR count). The molecule has 1 N–H and O–H groups in total. The first kappa shape index (κ1) is 9.74. The lowest BCUT2D eigenvalue weighted by Gasteiger charge is -2.01. The highest BCUT2D eigenvalue weighted by Crippen LogP contribution is 2.11. The van der Waals surface area contributed by atoms with Gasteiger partial charge in [-0.1, -0.05) is 0 Å². The molecule has 0 radical (unpaired) electrons. The van der Waals surface area contributed by atoms with E-state index in [0.717, 1.165) is 5.75 Å². The zero-order valence-corrected chi connectivity index (χ0v) is 7.83. The number of rotatable bonds is 4. The molecular weight excluding hydrogens is 166 g/mol. The summed E-state index contributed by atoms with van der Waals surface area (Å²) in [6.07, 6.45) is 0. The predicted octanol–water partition coefficient (Wildman–Crippen LogP) is 1.10. The van der Waals surface area contributed by atoms with Crippen LogP contribution in [0.25, 0.3) is 0 Å². The maximum atomic E-state index is 11.3. The second-order valence-electron chi connectivity index (χ2n) is 2.68. The van der Waals surface area contributed by atoms with E-state index in [0.29, 0.717) is 12.1 Å². The number of benzene rings is 1. The molecule has 0 saturated carbocycles. The minimum Gasteiger partial charge on any atom is -0.497 e. The van der Waals surface area contributed by atoms with Crippen molar-refractivity contribution in [3.05, 3.63) is 29.8 Å². The van der Waals surface area contributed by atoms with Gasteiger partial charge in [0, 0.05) is 5.56 Å². The van der Waals surface area contributed by atoms with E-state index in [2.05, 4.69) is 5.32 Å². The Labute approximate surface area is 77.7 Å². The highest BCUT2D eigenvalue weighted by Gasteiger charge is 2.03. The van der Waals surface area contributed by atoms with Crippen LogP contribution in [0.4, 0.5) is 0 Å². The monoisotopic (exact) mass is 179 g/mol. The molecule has 0 spiro atoms. The molecule has 0 bridgehead atoms. The lowest BCUT2D eigenvalue weighted by Crippen LogP contribution is -2.18. The minimum atomic E-state index is 0.0881. The van der Waals surface area contributed by atoms with E-state index in [1.54, 1.807) is 38.4 Å². The Hall–Kier alpha value is -1.35. The molecular formula is C10H13NO2. The van der Waals surface area contributed by atoms with E-state index in [4.69, 9.17) is 4.74 Å². The molecule has 0 aliphatic rings. The Morgan fingerprint density at radius 2 is 2.00 bits per heavy atom. The van der Waals surface area contributed by atoms with Crippen LogP contribution in [0.5, 0.6) is 5.75 Å². The largest absolute Gasteiger partial charge is 0.497 e. The Morgan fingerprint density at radius 3 is 2.46 bits per heavy atom. The highest BCUT2D eigenvalue weighted by atomic mass is 16.5. The maximum Gasteiger partial charge on any atom is 0.176 e. The van der Waals surface area contributed by atoms with Gasteiger partial charge in [0.25, 0.3) is 0 Å². The zero-order valence-electron chi connectivity index (χ0n) is 7.83. The smallest absolute Gasteiger partial charge is 0.176 e. The number of Topliss-reactive ketones (excluding diaryl/α,β-unsaturated/α-hetero) is 1. The molecule has 13 heavy (non-hydrogen) atoms. The molecule has 0 fully saturated rings. The van der Waals surface area contributed by atoms with Gasteiger partial charge in [-0.25, -0.2) is 0 Å². The minimum absolute atomic E-state index is 0.0881. The van der Waals surface area contributed by atoms with Crippen molar-refractivity contribution < 1.29 is 9.53 Å². The number of ketones is 1. The van der Waals surface area contributed by atoms with Gasteiger partial charge in [0.2, 0.25) is 0 Å². The second-order valence-corrected chi connectivity index (χ2v) is 2.68. The third-order valence-electron chi connectivity index (χ3n) is 1.75. The summed E-state index contributed by atoms with van der Waals surface area (Å²) < 4.78 is 4.98. The number of likely N-dealkylation sites (N-methyl/N-ethyl adjacent to an activating group) is 1. The lowest BCUT2D eigenvalue weighted by molar-refractivity contribution is 0.0993. The molecule has 0 aromatic heterocycles. The molecule has 1 aromatic rings. The number of ether oxygens (including phenoxy) is 1. The Balaban J connectivity index is 2.74. The first-order valence-electron chi connectivity index (χ1n) is 4.09. The Bertz CT molecular complexity index is 279. The lowest BCUT2D eigenvalue weighted by atomic mass is 10.1. The molecule has 0 unspecified atom stereocenters. The summed E-state index contributed by atoms with van der Waals surface area (Å²) in [6, 6.07) is 7.09. The molecule has 0 aliphatic carbocycles. The van der Waals surface area contributed by atoms with Crippen molar-refractivity contribution in [1.82, 2.24) is 5.32 Å². The van der Waals surface area contributed by atoms with Crippen LogP contribution < -0.4 is 10.1 Å². The normalized spacial score (nSPS) is 9.69. The molecule has 0 atom stereocenters. The van der Waals surface area contributed by atoms with E-state index in [-0.39, 0.29) is 5.78 Å². The van der Waals surface area contributed by atoms with E-state index in [1.165, 1.54) is 0 Å². The summed E-state index contributed by atoms with van der Waals surface area (Å²) in [5, 5.41) is 2.81. The molecule has 70 valence electrons. The summed E-state index contributed by atoms with van der Waals surface area (Å²) in [6.45, 7) is 0.367. The molecule has 3 heteroatoms. The van der Waals surface area contributed by atoms with Gasteiger partial charge in [-0.2, -0.15) is 0 Å². The van der Waals surface area contributed by atoms with Gasteiger partial charge in [-0.05, 0) is 31.3 Å². The first-order chi connectivity index (χ1) is 6.27. The van der Waals surface area contributed by atoms with Gasteiger partial charge in [0.05, 0.1) is 13.7 Å². The number of hydrogen-bond acceptors (Lipinski definition) is 3. The number of hydrogen-bond donors (Lipinski definition) is 1. The molecule has 1 aromatic carbocycles. The standard InChI is InChI=1S/C10H13NO2/c1-11-7-10(12)8-3-5-9(13-2)6-4-8/h3-6,11H,7H2,1-2H3. The number of carbonyl (C=O) groups is 1. The van der Waals surface area contributed by atoms with E-state index in [1.807, 2.05) is 0 Å². The number of methoxy groups -OCH3 is 1. The van der Waals surface area contributed by atoms with Crippen LogP contribution >= 0.6 is 0 Å². The van der Waals surface area contributed by atoms with Crippen LogP contribution in [-0.4, -0.2) is 26.5 Å². The van der Waals surface area contributed by atoms with E-state index >= 15 is 0 Å². The first-order valence-corrected chi connectivity index (χ1v) is 4.09. The Kier molecular flexibility index (Phi) is 3.46. The van der Waals surface area contributed by atoms with Crippen molar-refractivity contribution in [3.8, 4) is 5.75 Å². The fourth-order valence-corrected chi connectivity index (χ4v) is 1.04. The van der Waals surface area contributed by atoms with Crippen molar-refractivity contribution >= 4 is 5.78 Å². The highest BCUT2D eigenvalue weighted by molar-refractivity contribution is 5.97. The summed E-state index contributed by atoms with van der Waals surface area (Å²) in [4.78, 5) is 11.3. The third kappa shape index (κ3) is 2.56. The predicted molar refractivity (Wildman–Crippen MR) is 51.3 cm³/mol. The molecule has 0 aliphatic heterocycles. The van der Waals surface area contributed by atoms with Crippen LogP contribution in [0.3, 0.4) is 0 Å². The average Bonchev–Trinajstić information content (AvgIpc) is 2.18. The zero-order chi connectivity index (χ0) is 9.68. The summed E-state index contributed by atoms with van der Waals surface area (Å²) >= 11 is 0. The van der Waals surface area contributed by atoms with Crippen LogP contribution in [0.1, 0.15) is 10.4 Å². The maximum absolute atomic E-state index is 11.3. The summed E-state index contributed by atoms with van der Waals surface area (Å²) in [5.41, 5.74) is 0.704. The fourth-order valence-electron chi connectivity index (χ4n) is 1.04. The van der Waals surface area contributed by atoms with Crippen molar-refractivity contribution in [1.29, 1.82) is 0 Å². The second kappa shape index (κ2) is 4.62. The van der Waals surface area contributed by atoms with Crippen molar-refractivity contribution in [2.75, 3.05) is 20.7 Å². The van der Waals surface area contributed by atoms with Crippen LogP contribution in [0.2, 0.25) is 0 Å². The molecule has 0 saturated heterocycles. The summed E-state index contributed by atoms with van der Waals surface area (Å²) in [7, 11) is 3.35. The van der Waals surface area contributed by atoms with Crippen molar-refractivity contribution in [2.24, 2.45) is 0 Å². The third-order valence-corrected chi connectivity index (χ3v) is 1.75. The van der Waals surface area contributed by atoms with E-state index < -0.39 is 0 Å². The molecule has 0 amide bonds. The SMILES string of the molecule is CNCC(=O)c1ccc(OC)cc1. The quantitative estimate of drug-likeness (QED) is 0.703. The van der Waals surface area contributed by atoms with Gasteiger partial charge in [-0.3, -0.25) is 4.79 Å². The molecule has 0 heterocycles. The van der Waals surface area contributed by atoms with Gasteiger partial charge in [0.1, 0.15) is 5.75 Å². The van der Waals surface area contributed by atoms with Crippen LogP contribution in [0, 0.1) is 0 Å². The molecule has 3 nitrogen and oxygen atoms in total. The fraction of sp³-hybridized carbons (Fsp3) is 0.300. The average molecular weight is 179 g/mol. The van der Waals surface area contributed by atoms with Gasteiger partial charge in [-0.15, -0.1) is 0 Å². The number of nitrogens with one attached hydrogen (secondary N) is 1.